The van der Waals surface area contributed by atoms with Crippen molar-refractivity contribution in [1.29, 1.82) is 0 Å². The maximum Gasteiger partial charge on any atom is 0.308 e. The van der Waals surface area contributed by atoms with Gasteiger partial charge in [-0.25, -0.2) is 0 Å². The zero-order chi connectivity index (χ0) is 23.0. The molecule has 1 heterocycles. The van der Waals surface area contributed by atoms with Gasteiger partial charge in [0.15, 0.2) is 0 Å². The number of hydrogen-bond donors (Lipinski definition) is 0. The predicted molar refractivity (Wildman–Crippen MR) is 128 cm³/mol. The van der Waals surface area contributed by atoms with Crippen molar-refractivity contribution in [3.63, 3.8) is 0 Å². The molecule has 174 valence electrons. The van der Waals surface area contributed by atoms with Crippen molar-refractivity contribution >= 4 is 11.7 Å². The summed E-state index contributed by atoms with van der Waals surface area (Å²) in [6.07, 6.45) is 0.299. The van der Waals surface area contributed by atoms with Crippen molar-refractivity contribution in [3.8, 4) is 16.9 Å². The topological polar surface area (TPSA) is 51.2 Å². The highest BCUT2D eigenvalue weighted by molar-refractivity contribution is 5.79. The summed E-state index contributed by atoms with van der Waals surface area (Å²) in [7, 11) is 1.69. The van der Waals surface area contributed by atoms with Gasteiger partial charge in [0.2, 0.25) is 0 Å². The lowest BCUT2D eigenvalue weighted by atomic mass is 10.0. The van der Waals surface area contributed by atoms with E-state index in [0.717, 1.165) is 38.5 Å². The molecule has 32 heavy (non-hydrogen) atoms. The zero-order valence-electron chi connectivity index (χ0n) is 19.8. The first-order valence-corrected chi connectivity index (χ1v) is 11.4. The molecule has 1 saturated heterocycles. The Kier molecular flexibility index (Phi) is 8.53. The summed E-state index contributed by atoms with van der Waals surface area (Å²) in [5.41, 5.74) is 3.27. The molecule has 0 saturated carbocycles. The molecule has 0 unspecified atom stereocenters. The first-order valence-electron chi connectivity index (χ1n) is 11.4. The summed E-state index contributed by atoms with van der Waals surface area (Å²) in [5, 5.41) is 0. The van der Waals surface area contributed by atoms with Gasteiger partial charge in [0.05, 0.1) is 26.7 Å². The van der Waals surface area contributed by atoms with Crippen molar-refractivity contribution in [2.75, 3.05) is 57.9 Å². The van der Waals surface area contributed by atoms with E-state index < -0.39 is 5.60 Å². The number of methoxy groups -OCH3 is 1. The van der Waals surface area contributed by atoms with Crippen molar-refractivity contribution in [2.45, 2.75) is 32.8 Å². The van der Waals surface area contributed by atoms with Crippen molar-refractivity contribution in [2.24, 2.45) is 0 Å². The van der Waals surface area contributed by atoms with Crippen LogP contribution in [0.2, 0.25) is 0 Å². The molecule has 0 N–H and O–H groups in total. The molecule has 0 atom stereocenters. The number of ether oxygens (including phenoxy) is 3. The summed E-state index contributed by atoms with van der Waals surface area (Å²) in [4.78, 5) is 16.6. The third-order valence-electron chi connectivity index (χ3n) is 5.44. The molecule has 1 fully saturated rings. The lowest BCUT2D eigenvalue weighted by Gasteiger charge is -2.37. The van der Waals surface area contributed by atoms with E-state index in [9.17, 15) is 4.79 Å². The molecule has 2 aromatic rings. The summed E-state index contributed by atoms with van der Waals surface area (Å²) in [5.74, 6) is 0.662. The quantitative estimate of drug-likeness (QED) is 0.430. The number of carbonyl (C=O) groups excluding carboxylic acids is 1. The van der Waals surface area contributed by atoms with Gasteiger partial charge in [0, 0.05) is 44.0 Å². The third-order valence-corrected chi connectivity index (χ3v) is 5.44. The SMILES string of the molecule is COc1ccc(-c2ccccc2N2CCN(CCOCCC(=O)OC(C)(C)C)CC2)cc1. The van der Waals surface area contributed by atoms with Gasteiger partial charge >= 0.3 is 5.97 Å². The molecular formula is C26H36N2O4. The van der Waals surface area contributed by atoms with Gasteiger partial charge in [-0.05, 0) is 44.5 Å². The van der Waals surface area contributed by atoms with E-state index >= 15 is 0 Å². The third kappa shape index (κ3) is 7.24. The van der Waals surface area contributed by atoms with E-state index in [1.165, 1.54) is 16.8 Å². The molecular weight excluding hydrogens is 404 g/mol. The summed E-state index contributed by atoms with van der Waals surface area (Å²) in [6.45, 7) is 11.5. The van der Waals surface area contributed by atoms with E-state index in [4.69, 9.17) is 14.2 Å². The van der Waals surface area contributed by atoms with Gasteiger partial charge in [-0.3, -0.25) is 9.69 Å². The molecule has 1 aliphatic rings. The summed E-state index contributed by atoms with van der Waals surface area (Å²) < 4.78 is 16.3. The Labute approximate surface area is 192 Å². The number of benzene rings is 2. The van der Waals surface area contributed by atoms with Gasteiger partial charge < -0.3 is 19.1 Å². The van der Waals surface area contributed by atoms with Gasteiger partial charge in [0.25, 0.3) is 0 Å². The van der Waals surface area contributed by atoms with Gasteiger partial charge in [-0.1, -0.05) is 30.3 Å². The van der Waals surface area contributed by atoms with Crippen molar-refractivity contribution < 1.29 is 19.0 Å². The van der Waals surface area contributed by atoms with Gasteiger partial charge in [-0.2, -0.15) is 0 Å². The highest BCUT2D eigenvalue weighted by Gasteiger charge is 2.20. The van der Waals surface area contributed by atoms with Crippen LogP contribution in [0.4, 0.5) is 5.69 Å². The van der Waals surface area contributed by atoms with Crippen LogP contribution in [-0.2, 0) is 14.3 Å². The largest absolute Gasteiger partial charge is 0.497 e. The van der Waals surface area contributed by atoms with E-state index in [2.05, 4.69) is 46.2 Å². The molecule has 6 heteroatoms. The minimum Gasteiger partial charge on any atom is -0.497 e. The molecule has 2 aromatic carbocycles. The van der Waals surface area contributed by atoms with Crippen LogP contribution in [0, 0.1) is 0 Å². The van der Waals surface area contributed by atoms with E-state index in [-0.39, 0.29) is 5.97 Å². The standard InChI is InChI=1S/C26H36N2O4/c1-26(2,3)32-25(29)13-19-31-20-18-27-14-16-28(17-15-27)24-8-6-5-7-23(24)21-9-11-22(30-4)12-10-21/h5-12H,13-20H2,1-4H3. The Morgan fingerprint density at radius 3 is 2.28 bits per heavy atom. The molecule has 0 radical (unpaired) electrons. The van der Waals surface area contributed by atoms with E-state index in [1.807, 2.05) is 32.9 Å². The van der Waals surface area contributed by atoms with Crippen LogP contribution in [0.25, 0.3) is 11.1 Å². The second kappa shape index (κ2) is 11.3. The Bertz CT molecular complexity index is 853. The Morgan fingerprint density at radius 2 is 1.62 bits per heavy atom. The van der Waals surface area contributed by atoms with Crippen LogP contribution < -0.4 is 9.64 Å². The average Bonchev–Trinajstić information content (AvgIpc) is 2.78. The number of hydrogen-bond acceptors (Lipinski definition) is 6. The first-order chi connectivity index (χ1) is 15.4. The molecule has 6 nitrogen and oxygen atoms in total. The molecule has 0 bridgehead atoms. The average molecular weight is 441 g/mol. The second-order valence-electron chi connectivity index (χ2n) is 9.02. The smallest absolute Gasteiger partial charge is 0.308 e. The molecule has 0 spiro atoms. The highest BCUT2D eigenvalue weighted by atomic mass is 16.6. The van der Waals surface area contributed by atoms with Crippen LogP contribution >= 0.6 is 0 Å². The van der Waals surface area contributed by atoms with Crippen LogP contribution in [0.1, 0.15) is 27.2 Å². The lowest BCUT2D eigenvalue weighted by molar-refractivity contribution is -0.156. The molecule has 0 aliphatic carbocycles. The Hall–Kier alpha value is -2.57. The number of anilines is 1. The maximum atomic E-state index is 11.7. The number of nitrogens with zero attached hydrogens (tertiary/aromatic N) is 2. The fourth-order valence-electron chi connectivity index (χ4n) is 3.82. The maximum absolute atomic E-state index is 11.7. The van der Waals surface area contributed by atoms with Crippen molar-refractivity contribution in [3.05, 3.63) is 48.5 Å². The number of rotatable bonds is 9. The van der Waals surface area contributed by atoms with Gasteiger partial charge in [0.1, 0.15) is 11.4 Å². The monoisotopic (exact) mass is 440 g/mol. The van der Waals surface area contributed by atoms with E-state index in [0.29, 0.717) is 19.6 Å². The normalized spacial score (nSPS) is 14.9. The number of carbonyl (C=O) groups is 1. The predicted octanol–water partition coefficient (Wildman–Crippen LogP) is 4.23. The minimum atomic E-state index is -0.442. The van der Waals surface area contributed by atoms with Crippen molar-refractivity contribution in [1.82, 2.24) is 4.90 Å². The Balaban J connectivity index is 1.44. The first kappa shape index (κ1) is 24.1. The second-order valence-corrected chi connectivity index (χ2v) is 9.02. The van der Waals surface area contributed by atoms with Crippen LogP contribution in [0.5, 0.6) is 5.75 Å². The van der Waals surface area contributed by atoms with E-state index in [1.54, 1.807) is 7.11 Å². The summed E-state index contributed by atoms with van der Waals surface area (Å²) in [6, 6.07) is 16.8. The fourth-order valence-corrected chi connectivity index (χ4v) is 3.82. The molecule has 1 aliphatic heterocycles. The zero-order valence-corrected chi connectivity index (χ0v) is 19.8. The minimum absolute atomic E-state index is 0.207. The number of esters is 1. The highest BCUT2D eigenvalue weighted by Crippen LogP contribution is 2.32. The van der Waals surface area contributed by atoms with Crippen LogP contribution in [0.3, 0.4) is 0 Å². The van der Waals surface area contributed by atoms with Crippen LogP contribution in [-0.4, -0.2) is 69.5 Å². The number of piperazine rings is 1. The molecule has 3 rings (SSSR count). The van der Waals surface area contributed by atoms with Gasteiger partial charge in [-0.15, -0.1) is 0 Å². The number of para-hydroxylation sites is 1. The Morgan fingerprint density at radius 1 is 0.938 bits per heavy atom. The summed E-state index contributed by atoms with van der Waals surface area (Å²) >= 11 is 0. The molecule has 0 aromatic heterocycles. The fraction of sp³-hybridized carbons (Fsp3) is 0.500. The van der Waals surface area contributed by atoms with Crippen LogP contribution in [0.15, 0.2) is 48.5 Å². The molecule has 0 amide bonds. The lowest BCUT2D eigenvalue weighted by Crippen LogP contribution is -2.47.